The molecule has 3 nitrogen and oxygen atoms in total. The molecule has 0 aromatic rings. The van der Waals surface area contributed by atoms with Gasteiger partial charge in [0.2, 0.25) is 0 Å². The fourth-order valence-electron chi connectivity index (χ4n) is 0.284. The summed E-state index contributed by atoms with van der Waals surface area (Å²) in [4.78, 5) is 13.2. The number of nitrogens with two attached hydrogens (primary N) is 1. The van der Waals surface area contributed by atoms with E-state index in [2.05, 4.69) is 4.99 Å². The van der Waals surface area contributed by atoms with E-state index in [1.807, 2.05) is 6.92 Å². The lowest BCUT2D eigenvalue weighted by atomic mass is 10.4. The van der Waals surface area contributed by atoms with Gasteiger partial charge in [-0.05, 0) is 6.42 Å². The van der Waals surface area contributed by atoms with Crippen LogP contribution in [0.2, 0.25) is 0 Å². The predicted octanol–water partition coefficient (Wildman–Crippen LogP) is 0.936. The third-order valence-corrected chi connectivity index (χ3v) is 0.636. The predicted molar refractivity (Wildman–Crippen MR) is 33.0 cm³/mol. The van der Waals surface area contributed by atoms with Crippen LogP contribution >= 0.6 is 0 Å². The molecule has 0 saturated carbocycles. The minimum atomic E-state index is -0.613. The topological polar surface area (TPSA) is 55.4 Å². The molecule has 2 amide bonds. The zero-order valence-electron chi connectivity index (χ0n) is 4.92. The second-order valence-corrected chi connectivity index (χ2v) is 1.44. The molecule has 8 heavy (non-hydrogen) atoms. The molecule has 0 atom stereocenters. The van der Waals surface area contributed by atoms with Crippen molar-refractivity contribution in [2.24, 2.45) is 10.7 Å². The lowest BCUT2D eigenvalue weighted by Crippen LogP contribution is -2.03. The second-order valence-electron chi connectivity index (χ2n) is 1.44. The van der Waals surface area contributed by atoms with E-state index >= 15 is 0 Å². The molecule has 0 aromatic carbocycles. The van der Waals surface area contributed by atoms with Crippen LogP contribution < -0.4 is 5.73 Å². The van der Waals surface area contributed by atoms with Gasteiger partial charge in [-0.15, -0.1) is 0 Å². The number of nitrogens with zero attached hydrogens (tertiary/aromatic N) is 1. The first-order chi connectivity index (χ1) is 3.77. The van der Waals surface area contributed by atoms with E-state index in [4.69, 9.17) is 5.73 Å². The van der Waals surface area contributed by atoms with Crippen LogP contribution in [0.3, 0.4) is 0 Å². The van der Waals surface area contributed by atoms with E-state index in [0.717, 1.165) is 12.8 Å². The molecule has 0 radical (unpaired) electrons. The van der Waals surface area contributed by atoms with Gasteiger partial charge in [0.25, 0.3) is 0 Å². The smallest absolute Gasteiger partial charge is 0.337 e. The Balaban J connectivity index is 3.20. The number of carbonyl (C=O) groups is 1. The first-order valence-corrected chi connectivity index (χ1v) is 2.59. The van der Waals surface area contributed by atoms with Crippen molar-refractivity contribution < 1.29 is 4.79 Å². The molecule has 0 bridgehead atoms. The molecule has 0 unspecified atom stereocenters. The van der Waals surface area contributed by atoms with Gasteiger partial charge in [-0.2, -0.15) is 0 Å². The molecule has 0 aliphatic rings. The maximum atomic E-state index is 9.90. The summed E-state index contributed by atoms with van der Waals surface area (Å²) in [5.41, 5.74) is 4.70. The van der Waals surface area contributed by atoms with Crippen LogP contribution in [0.4, 0.5) is 4.79 Å². The Bertz CT molecular complexity index is 98.6. The highest BCUT2D eigenvalue weighted by molar-refractivity contribution is 5.81. The Kier molecular flexibility index (Phi) is 3.84. The lowest BCUT2D eigenvalue weighted by Gasteiger charge is -1.79. The summed E-state index contributed by atoms with van der Waals surface area (Å²) in [5.74, 6) is 0. The fourth-order valence-corrected chi connectivity index (χ4v) is 0.284. The summed E-state index contributed by atoms with van der Waals surface area (Å²) in [6.07, 6.45) is 3.35. The molecule has 46 valence electrons. The molecular formula is C5H10N2O. The molecule has 0 saturated heterocycles. The van der Waals surface area contributed by atoms with E-state index in [9.17, 15) is 4.79 Å². The largest absolute Gasteiger partial charge is 0.350 e. The fraction of sp³-hybridized carbons (Fsp3) is 0.600. The van der Waals surface area contributed by atoms with Crippen molar-refractivity contribution in [2.75, 3.05) is 0 Å². The highest BCUT2D eigenvalue weighted by Gasteiger charge is 1.79. The third-order valence-electron chi connectivity index (χ3n) is 0.636. The number of urea groups is 1. The molecule has 0 heterocycles. The van der Waals surface area contributed by atoms with Crippen LogP contribution in [0.15, 0.2) is 4.99 Å². The SMILES string of the molecule is CCCC=NC(N)=O. The Hall–Kier alpha value is -0.860. The first kappa shape index (κ1) is 7.14. The van der Waals surface area contributed by atoms with Gasteiger partial charge in [-0.25, -0.2) is 9.79 Å². The first-order valence-electron chi connectivity index (χ1n) is 2.59. The van der Waals surface area contributed by atoms with Crippen molar-refractivity contribution in [2.45, 2.75) is 19.8 Å². The summed E-state index contributed by atoms with van der Waals surface area (Å²) >= 11 is 0. The molecule has 0 rings (SSSR count). The Morgan fingerprint density at radius 3 is 2.88 bits per heavy atom. The van der Waals surface area contributed by atoms with Crippen LogP contribution in [0.25, 0.3) is 0 Å². The minimum absolute atomic E-state index is 0.613. The van der Waals surface area contributed by atoms with Crippen molar-refractivity contribution in [1.29, 1.82) is 0 Å². The van der Waals surface area contributed by atoms with Crippen LogP contribution in [0.5, 0.6) is 0 Å². The number of amides is 2. The number of aliphatic imine (C=N–C) groups is 1. The number of primary amides is 1. The van der Waals surface area contributed by atoms with E-state index < -0.39 is 6.03 Å². The maximum absolute atomic E-state index is 9.90. The number of hydrogen-bond donors (Lipinski definition) is 1. The summed E-state index contributed by atoms with van der Waals surface area (Å²) in [5, 5.41) is 0. The molecule has 0 aromatic heterocycles. The number of hydrogen-bond acceptors (Lipinski definition) is 1. The van der Waals surface area contributed by atoms with Crippen molar-refractivity contribution in [3.8, 4) is 0 Å². The Morgan fingerprint density at radius 2 is 2.50 bits per heavy atom. The van der Waals surface area contributed by atoms with Gasteiger partial charge in [0, 0.05) is 6.21 Å². The number of rotatable bonds is 2. The molecule has 0 fully saturated rings. The van der Waals surface area contributed by atoms with Gasteiger partial charge >= 0.3 is 6.03 Å². The van der Waals surface area contributed by atoms with Gasteiger partial charge in [0.15, 0.2) is 0 Å². The summed E-state index contributed by atoms with van der Waals surface area (Å²) in [6.45, 7) is 2.01. The summed E-state index contributed by atoms with van der Waals surface area (Å²) in [7, 11) is 0. The van der Waals surface area contributed by atoms with Gasteiger partial charge in [0.1, 0.15) is 0 Å². The zero-order valence-corrected chi connectivity index (χ0v) is 4.92. The second kappa shape index (κ2) is 4.30. The lowest BCUT2D eigenvalue weighted by molar-refractivity contribution is 0.257. The van der Waals surface area contributed by atoms with Crippen molar-refractivity contribution >= 4 is 12.2 Å². The van der Waals surface area contributed by atoms with Gasteiger partial charge in [-0.1, -0.05) is 13.3 Å². The van der Waals surface area contributed by atoms with E-state index in [0.29, 0.717) is 0 Å². The monoisotopic (exact) mass is 114 g/mol. The molecule has 0 spiro atoms. The normalized spacial score (nSPS) is 10.1. The van der Waals surface area contributed by atoms with Crippen LogP contribution in [0.1, 0.15) is 19.8 Å². The van der Waals surface area contributed by atoms with Crippen LogP contribution in [0, 0.1) is 0 Å². The Labute approximate surface area is 48.6 Å². The zero-order chi connectivity index (χ0) is 6.41. The standard InChI is InChI=1S/C5H10N2O/c1-2-3-4-7-5(6)8/h4H,2-3H2,1H3,(H2,6,8). The minimum Gasteiger partial charge on any atom is -0.350 e. The van der Waals surface area contributed by atoms with Crippen molar-refractivity contribution in [1.82, 2.24) is 0 Å². The van der Waals surface area contributed by atoms with Crippen LogP contribution in [-0.4, -0.2) is 12.2 Å². The van der Waals surface area contributed by atoms with Crippen molar-refractivity contribution in [3.05, 3.63) is 0 Å². The quantitative estimate of drug-likeness (QED) is 0.533. The average Bonchev–Trinajstić information content (AvgIpc) is 1.66. The third kappa shape index (κ3) is 5.14. The van der Waals surface area contributed by atoms with Crippen LogP contribution in [-0.2, 0) is 0 Å². The molecule has 3 heteroatoms. The highest BCUT2D eigenvalue weighted by Crippen LogP contribution is 1.79. The molecule has 0 aliphatic carbocycles. The molecular weight excluding hydrogens is 104 g/mol. The van der Waals surface area contributed by atoms with E-state index in [1.54, 1.807) is 0 Å². The van der Waals surface area contributed by atoms with Gasteiger partial charge < -0.3 is 5.73 Å². The van der Waals surface area contributed by atoms with Gasteiger partial charge in [-0.3, -0.25) is 0 Å². The van der Waals surface area contributed by atoms with E-state index in [1.165, 1.54) is 6.21 Å². The summed E-state index contributed by atoms with van der Waals surface area (Å²) in [6, 6.07) is -0.613. The number of unbranched alkanes of at least 4 members (excludes halogenated alkanes) is 1. The average molecular weight is 114 g/mol. The highest BCUT2D eigenvalue weighted by atomic mass is 16.2. The molecule has 0 aliphatic heterocycles. The summed E-state index contributed by atoms with van der Waals surface area (Å²) < 4.78 is 0. The molecule has 2 N–H and O–H groups in total. The number of carbonyl (C=O) groups excluding carboxylic acids is 1. The van der Waals surface area contributed by atoms with Gasteiger partial charge in [0.05, 0.1) is 0 Å². The Morgan fingerprint density at radius 1 is 1.88 bits per heavy atom. The van der Waals surface area contributed by atoms with E-state index in [-0.39, 0.29) is 0 Å². The van der Waals surface area contributed by atoms with Crippen molar-refractivity contribution in [3.63, 3.8) is 0 Å². The maximum Gasteiger partial charge on any atom is 0.337 e.